The van der Waals surface area contributed by atoms with Crippen molar-refractivity contribution in [3.8, 4) is 0 Å². The summed E-state index contributed by atoms with van der Waals surface area (Å²) in [6.07, 6.45) is 6.78. The average molecular weight is 321 g/mol. The van der Waals surface area contributed by atoms with Crippen LogP contribution in [0.15, 0.2) is 24.3 Å². The SMILES string of the molecule is Cl.NCC1CCCCN1C(=O)C1CC12CCc1ccccc12. The Labute approximate surface area is 138 Å². The van der Waals surface area contributed by atoms with Crippen molar-refractivity contribution in [3.63, 3.8) is 0 Å². The molecule has 3 atom stereocenters. The Morgan fingerprint density at radius 2 is 2.14 bits per heavy atom. The van der Waals surface area contributed by atoms with Crippen molar-refractivity contribution >= 4 is 18.3 Å². The number of hydrogen-bond donors (Lipinski definition) is 1. The number of halogens is 1. The minimum atomic E-state index is 0. The van der Waals surface area contributed by atoms with Crippen molar-refractivity contribution in [2.75, 3.05) is 13.1 Å². The summed E-state index contributed by atoms with van der Waals surface area (Å²) < 4.78 is 0. The van der Waals surface area contributed by atoms with Crippen LogP contribution in [0.1, 0.15) is 43.2 Å². The summed E-state index contributed by atoms with van der Waals surface area (Å²) in [5.41, 5.74) is 8.96. The van der Waals surface area contributed by atoms with E-state index in [0.29, 0.717) is 12.5 Å². The molecule has 1 aromatic rings. The van der Waals surface area contributed by atoms with Gasteiger partial charge in [0.25, 0.3) is 0 Å². The molecule has 1 spiro atoms. The molecule has 2 N–H and O–H groups in total. The van der Waals surface area contributed by atoms with E-state index in [1.54, 1.807) is 0 Å². The van der Waals surface area contributed by atoms with Gasteiger partial charge in [-0.15, -0.1) is 12.4 Å². The van der Waals surface area contributed by atoms with Crippen LogP contribution in [0.5, 0.6) is 0 Å². The molecule has 1 saturated heterocycles. The molecule has 1 heterocycles. The summed E-state index contributed by atoms with van der Waals surface area (Å²) >= 11 is 0. The van der Waals surface area contributed by atoms with Crippen molar-refractivity contribution in [2.45, 2.75) is 50.0 Å². The predicted molar refractivity (Wildman–Crippen MR) is 90.2 cm³/mol. The molecule has 4 heteroatoms. The molecule has 2 aliphatic carbocycles. The van der Waals surface area contributed by atoms with Crippen LogP contribution in [-0.2, 0) is 16.6 Å². The molecular weight excluding hydrogens is 296 g/mol. The van der Waals surface area contributed by atoms with E-state index in [1.807, 2.05) is 0 Å². The second-order valence-electron chi connectivity index (χ2n) is 6.99. The standard InChI is InChI=1S/C18H24N2O.ClH/c19-12-14-6-3-4-10-20(14)17(21)16-11-18(16)9-8-13-5-1-2-7-15(13)18;/h1-2,5,7,14,16H,3-4,6,8-12,19H2;1H. The van der Waals surface area contributed by atoms with Gasteiger partial charge >= 0.3 is 0 Å². The number of piperidine rings is 1. The molecule has 3 nitrogen and oxygen atoms in total. The highest BCUT2D eigenvalue weighted by Crippen LogP contribution is 2.62. The highest BCUT2D eigenvalue weighted by Gasteiger charge is 2.62. The third kappa shape index (κ3) is 2.26. The van der Waals surface area contributed by atoms with Crippen LogP contribution in [0.2, 0.25) is 0 Å². The van der Waals surface area contributed by atoms with Crippen LogP contribution < -0.4 is 5.73 Å². The number of hydrogen-bond acceptors (Lipinski definition) is 2. The molecule has 1 amide bonds. The zero-order valence-electron chi connectivity index (χ0n) is 13.0. The highest BCUT2D eigenvalue weighted by molar-refractivity contribution is 5.86. The largest absolute Gasteiger partial charge is 0.338 e. The molecule has 0 radical (unpaired) electrons. The maximum absolute atomic E-state index is 13.0. The van der Waals surface area contributed by atoms with Crippen LogP contribution in [0, 0.1) is 5.92 Å². The topological polar surface area (TPSA) is 46.3 Å². The first-order valence-corrected chi connectivity index (χ1v) is 8.35. The van der Waals surface area contributed by atoms with Crippen LogP contribution in [-0.4, -0.2) is 29.9 Å². The maximum Gasteiger partial charge on any atom is 0.226 e. The lowest BCUT2D eigenvalue weighted by Gasteiger charge is -2.35. The van der Waals surface area contributed by atoms with Gasteiger partial charge in [-0.3, -0.25) is 4.79 Å². The number of carbonyl (C=O) groups excluding carboxylic acids is 1. The van der Waals surface area contributed by atoms with Crippen LogP contribution >= 0.6 is 12.4 Å². The molecule has 3 unspecified atom stereocenters. The van der Waals surface area contributed by atoms with Gasteiger partial charge in [0, 0.05) is 30.5 Å². The van der Waals surface area contributed by atoms with Crippen molar-refractivity contribution in [2.24, 2.45) is 11.7 Å². The second-order valence-corrected chi connectivity index (χ2v) is 6.99. The summed E-state index contributed by atoms with van der Waals surface area (Å²) in [6, 6.07) is 8.99. The van der Waals surface area contributed by atoms with E-state index in [0.717, 1.165) is 38.6 Å². The van der Waals surface area contributed by atoms with Gasteiger partial charge in [0.05, 0.1) is 0 Å². The van der Waals surface area contributed by atoms with E-state index in [2.05, 4.69) is 29.2 Å². The number of likely N-dealkylation sites (tertiary alicyclic amines) is 1. The van der Waals surface area contributed by atoms with E-state index in [-0.39, 0.29) is 29.8 Å². The summed E-state index contributed by atoms with van der Waals surface area (Å²) in [4.78, 5) is 15.1. The van der Waals surface area contributed by atoms with Crippen molar-refractivity contribution in [3.05, 3.63) is 35.4 Å². The number of amides is 1. The van der Waals surface area contributed by atoms with Crippen LogP contribution in [0.25, 0.3) is 0 Å². The fourth-order valence-corrected chi connectivity index (χ4v) is 4.66. The van der Waals surface area contributed by atoms with Gasteiger partial charge in [0.15, 0.2) is 0 Å². The van der Waals surface area contributed by atoms with Gasteiger partial charge in [-0.2, -0.15) is 0 Å². The Morgan fingerprint density at radius 1 is 1.32 bits per heavy atom. The fraction of sp³-hybridized carbons (Fsp3) is 0.611. The molecule has 22 heavy (non-hydrogen) atoms. The first-order chi connectivity index (χ1) is 10.3. The van der Waals surface area contributed by atoms with E-state index >= 15 is 0 Å². The molecular formula is C18H25ClN2O. The molecule has 2 fully saturated rings. The highest BCUT2D eigenvalue weighted by atomic mass is 35.5. The lowest BCUT2D eigenvalue weighted by molar-refractivity contribution is -0.136. The fourth-order valence-electron chi connectivity index (χ4n) is 4.66. The van der Waals surface area contributed by atoms with Gasteiger partial charge in [-0.25, -0.2) is 0 Å². The number of nitrogens with zero attached hydrogens (tertiary/aromatic N) is 1. The normalized spacial score (nSPS) is 32.5. The van der Waals surface area contributed by atoms with Gasteiger partial charge in [-0.05, 0) is 49.7 Å². The number of rotatable bonds is 2. The lowest BCUT2D eigenvalue weighted by atomic mass is 9.94. The number of aryl methyl sites for hydroxylation is 1. The van der Waals surface area contributed by atoms with Crippen molar-refractivity contribution in [1.29, 1.82) is 0 Å². The third-order valence-corrected chi connectivity index (χ3v) is 5.95. The number of fused-ring (bicyclic) bond motifs is 2. The molecule has 1 aliphatic heterocycles. The van der Waals surface area contributed by atoms with Gasteiger partial charge in [0.1, 0.15) is 0 Å². The maximum atomic E-state index is 13.0. The first-order valence-electron chi connectivity index (χ1n) is 8.35. The second kappa shape index (κ2) is 5.86. The molecule has 4 rings (SSSR count). The Kier molecular flexibility index (Phi) is 4.21. The monoisotopic (exact) mass is 320 g/mol. The molecule has 1 aromatic carbocycles. The van der Waals surface area contributed by atoms with E-state index in [9.17, 15) is 4.79 Å². The third-order valence-electron chi connectivity index (χ3n) is 5.95. The Hall–Kier alpha value is -1.06. The van der Waals surface area contributed by atoms with E-state index in [1.165, 1.54) is 17.5 Å². The number of carbonyl (C=O) groups is 1. The number of benzene rings is 1. The zero-order valence-corrected chi connectivity index (χ0v) is 13.8. The molecule has 0 aromatic heterocycles. The van der Waals surface area contributed by atoms with Crippen molar-refractivity contribution in [1.82, 2.24) is 4.90 Å². The van der Waals surface area contributed by atoms with Crippen LogP contribution in [0.3, 0.4) is 0 Å². The molecule has 0 bridgehead atoms. The summed E-state index contributed by atoms with van der Waals surface area (Å²) in [7, 11) is 0. The van der Waals surface area contributed by atoms with Gasteiger partial charge in [0.2, 0.25) is 5.91 Å². The summed E-state index contributed by atoms with van der Waals surface area (Å²) in [6.45, 7) is 1.52. The van der Waals surface area contributed by atoms with Crippen molar-refractivity contribution < 1.29 is 4.79 Å². The predicted octanol–water partition coefficient (Wildman–Crippen LogP) is 2.65. The minimum Gasteiger partial charge on any atom is -0.338 e. The Balaban J connectivity index is 0.00000144. The molecule has 1 saturated carbocycles. The first kappa shape index (κ1) is 15.8. The zero-order chi connectivity index (χ0) is 14.4. The minimum absolute atomic E-state index is 0. The van der Waals surface area contributed by atoms with Gasteiger partial charge in [-0.1, -0.05) is 24.3 Å². The van der Waals surface area contributed by atoms with E-state index in [4.69, 9.17) is 5.73 Å². The average Bonchev–Trinajstić information content (AvgIpc) is 3.16. The van der Waals surface area contributed by atoms with Crippen LogP contribution in [0.4, 0.5) is 0 Å². The van der Waals surface area contributed by atoms with Gasteiger partial charge < -0.3 is 10.6 Å². The number of nitrogens with two attached hydrogens (primary N) is 1. The summed E-state index contributed by atoms with van der Waals surface area (Å²) in [5, 5.41) is 0. The van der Waals surface area contributed by atoms with E-state index < -0.39 is 0 Å². The lowest BCUT2D eigenvalue weighted by Crippen LogP contribution is -2.48. The Bertz CT molecular complexity index is 576. The smallest absolute Gasteiger partial charge is 0.226 e. The summed E-state index contributed by atoms with van der Waals surface area (Å²) in [5.74, 6) is 0.593. The molecule has 120 valence electrons. The Morgan fingerprint density at radius 3 is 2.95 bits per heavy atom. The quantitative estimate of drug-likeness (QED) is 0.910. The molecule has 3 aliphatic rings.